The molecular formula is C16H32IN5. The summed E-state index contributed by atoms with van der Waals surface area (Å²) in [5.41, 5.74) is 0.342. The van der Waals surface area contributed by atoms with Gasteiger partial charge in [0.1, 0.15) is 0 Å². The second kappa shape index (κ2) is 8.68. The molecule has 5 nitrogen and oxygen atoms in total. The number of halogens is 1. The zero-order valence-electron chi connectivity index (χ0n) is 13.9. The molecule has 0 radical (unpaired) electrons. The maximum atomic E-state index is 4.57. The van der Waals surface area contributed by atoms with Gasteiger partial charge in [-0.1, -0.05) is 6.42 Å². The summed E-state index contributed by atoms with van der Waals surface area (Å²) < 4.78 is 0. The van der Waals surface area contributed by atoms with E-state index in [0.29, 0.717) is 5.54 Å². The number of nitrogens with one attached hydrogen (secondary N) is 2. The number of piperidine rings is 2. The highest BCUT2D eigenvalue weighted by Crippen LogP contribution is 2.30. The molecule has 0 amide bonds. The van der Waals surface area contributed by atoms with Gasteiger partial charge in [0.25, 0.3) is 0 Å². The van der Waals surface area contributed by atoms with Gasteiger partial charge in [0.2, 0.25) is 0 Å². The molecule has 0 spiro atoms. The molecule has 0 atom stereocenters. The molecule has 3 heterocycles. The minimum Gasteiger partial charge on any atom is -0.356 e. The molecule has 0 saturated carbocycles. The molecule has 0 unspecified atom stereocenters. The number of hydrogen-bond acceptors (Lipinski definition) is 5. The van der Waals surface area contributed by atoms with Crippen LogP contribution in [0.3, 0.4) is 0 Å². The van der Waals surface area contributed by atoms with E-state index in [2.05, 4.69) is 32.5 Å². The van der Waals surface area contributed by atoms with Gasteiger partial charge in [-0.25, -0.2) is 0 Å². The lowest BCUT2D eigenvalue weighted by molar-refractivity contribution is 0.0173. The molecule has 2 saturated heterocycles. The average molecular weight is 421 g/mol. The van der Waals surface area contributed by atoms with E-state index in [4.69, 9.17) is 0 Å². The molecule has 3 aliphatic heterocycles. The Labute approximate surface area is 152 Å². The van der Waals surface area contributed by atoms with Crippen molar-refractivity contribution in [3.63, 3.8) is 0 Å². The number of aliphatic imine (C=N–C) groups is 1. The van der Waals surface area contributed by atoms with E-state index in [0.717, 1.165) is 32.0 Å². The lowest BCUT2D eigenvalue weighted by Gasteiger charge is -2.50. The van der Waals surface area contributed by atoms with E-state index in [9.17, 15) is 0 Å². The third kappa shape index (κ3) is 4.47. The van der Waals surface area contributed by atoms with E-state index in [1.807, 2.05) is 0 Å². The predicted molar refractivity (Wildman–Crippen MR) is 103 cm³/mol. The molecule has 128 valence electrons. The SMILES string of the molecule is CN1CCC(CNC2=NCCCN2)(N2CCCCC2)CC1.I. The van der Waals surface area contributed by atoms with E-state index in [1.165, 1.54) is 58.3 Å². The fourth-order valence-electron chi connectivity index (χ4n) is 3.91. The van der Waals surface area contributed by atoms with E-state index in [-0.39, 0.29) is 24.0 Å². The number of guanidine groups is 1. The van der Waals surface area contributed by atoms with Crippen LogP contribution in [0.25, 0.3) is 0 Å². The topological polar surface area (TPSA) is 42.9 Å². The van der Waals surface area contributed by atoms with Crippen molar-refractivity contribution >= 4 is 29.9 Å². The fraction of sp³-hybridized carbons (Fsp3) is 0.938. The van der Waals surface area contributed by atoms with Crippen molar-refractivity contribution in [3.8, 4) is 0 Å². The lowest BCUT2D eigenvalue weighted by Crippen LogP contribution is -2.62. The van der Waals surface area contributed by atoms with Gasteiger partial charge in [0.05, 0.1) is 0 Å². The normalized spacial score (nSPS) is 26.5. The first-order chi connectivity index (χ1) is 10.3. The minimum atomic E-state index is 0. The molecule has 0 aliphatic carbocycles. The average Bonchev–Trinajstić information content (AvgIpc) is 2.57. The van der Waals surface area contributed by atoms with Gasteiger partial charge in [0.15, 0.2) is 5.96 Å². The van der Waals surface area contributed by atoms with Crippen LogP contribution in [0.4, 0.5) is 0 Å². The van der Waals surface area contributed by atoms with Crippen molar-refractivity contribution in [2.75, 3.05) is 52.9 Å². The molecule has 22 heavy (non-hydrogen) atoms. The van der Waals surface area contributed by atoms with Gasteiger partial charge >= 0.3 is 0 Å². The predicted octanol–water partition coefficient (Wildman–Crippen LogP) is 1.49. The smallest absolute Gasteiger partial charge is 0.191 e. The quantitative estimate of drug-likeness (QED) is 0.678. The van der Waals surface area contributed by atoms with Crippen LogP contribution in [0, 0.1) is 0 Å². The molecule has 6 heteroatoms. The van der Waals surface area contributed by atoms with Crippen LogP contribution in [-0.2, 0) is 0 Å². The number of likely N-dealkylation sites (tertiary alicyclic amines) is 2. The van der Waals surface area contributed by atoms with Crippen LogP contribution in [0.1, 0.15) is 38.5 Å². The molecule has 2 N–H and O–H groups in total. The molecule has 3 aliphatic rings. The van der Waals surface area contributed by atoms with Crippen molar-refractivity contribution in [2.45, 2.75) is 44.1 Å². The first-order valence-corrected chi connectivity index (χ1v) is 8.74. The summed E-state index contributed by atoms with van der Waals surface area (Å²) in [6, 6.07) is 0. The van der Waals surface area contributed by atoms with Crippen LogP contribution in [-0.4, -0.2) is 74.2 Å². The lowest BCUT2D eigenvalue weighted by atomic mass is 9.84. The van der Waals surface area contributed by atoms with Gasteiger partial charge in [-0.3, -0.25) is 9.89 Å². The Balaban J connectivity index is 0.00000176. The molecule has 0 aromatic heterocycles. The highest BCUT2D eigenvalue weighted by atomic mass is 127. The maximum Gasteiger partial charge on any atom is 0.191 e. The molecule has 3 rings (SSSR count). The van der Waals surface area contributed by atoms with Crippen molar-refractivity contribution in [3.05, 3.63) is 0 Å². The second-order valence-electron chi connectivity index (χ2n) is 6.94. The summed E-state index contributed by atoms with van der Waals surface area (Å²) in [5, 5.41) is 7.02. The zero-order chi connectivity index (χ0) is 14.5. The first-order valence-electron chi connectivity index (χ1n) is 8.74. The third-order valence-electron chi connectivity index (χ3n) is 5.43. The van der Waals surface area contributed by atoms with Crippen LogP contribution < -0.4 is 10.6 Å². The van der Waals surface area contributed by atoms with Crippen LogP contribution in [0.15, 0.2) is 4.99 Å². The van der Waals surface area contributed by atoms with Gasteiger partial charge < -0.3 is 15.5 Å². The first kappa shape index (κ1) is 18.3. The second-order valence-corrected chi connectivity index (χ2v) is 6.94. The Hall–Kier alpha value is -0.0800. The van der Waals surface area contributed by atoms with Crippen molar-refractivity contribution in [1.29, 1.82) is 0 Å². The highest BCUT2D eigenvalue weighted by molar-refractivity contribution is 14.0. The Morgan fingerprint density at radius 1 is 1.09 bits per heavy atom. The summed E-state index contributed by atoms with van der Waals surface area (Å²) in [4.78, 5) is 9.82. The summed E-state index contributed by atoms with van der Waals surface area (Å²) >= 11 is 0. The minimum absolute atomic E-state index is 0. The third-order valence-corrected chi connectivity index (χ3v) is 5.43. The number of nitrogens with zero attached hydrogens (tertiary/aromatic N) is 3. The number of hydrogen-bond donors (Lipinski definition) is 2. The Kier molecular flexibility index (Phi) is 7.21. The fourth-order valence-corrected chi connectivity index (χ4v) is 3.91. The van der Waals surface area contributed by atoms with Gasteiger partial charge in [0, 0.05) is 25.2 Å². The van der Waals surface area contributed by atoms with Crippen LogP contribution in [0.5, 0.6) is 0 Å². The van der Waals surface area contributed by atoms with E-state index < -0.39 is 0 Å². The molecule has 2 fully saturated rings. The molecule has 0 bridgehead atoms. The molecular weight excluding hydrogens is 389 g/mol. The highest BCUT2D eigenvalue weighted by Gasteiger charge is 2.39. The van der Waals surface area contributed by atoms with Gasteiger partial charge in [-0.15, -0.1) is 24.0 Å². The van der Waals surface area contributed by atoms with Gasteiger partial charge in [-0.2, -0.15) is 0 Å². The van der Waals surface area contributed by atoms with Crippen LogP contribution in [0.2, 0.25) is 0 Å². The van der Waals surface area contributed by atoms with Crippen molar-refractivity contribution < 1.29 is 0 Å². The van der Waals surface area contributed by atoms with Crippen LogP contribution >= 0.6 is 24.0 Å². The monoisotopic (exact) mass is 421 g/mol. The standard InChI is InChI=1S/C16H31N5.HI/c1-20-12-6-16(7-13-20,21-10-3-2-4-11-21)14-19-15-17-8-5-9-18-15;/h2-14H2,1H3,(H2,17,18,19);1H. The summed E-state index contributed by atoms with van der Waals surface area (Å²) in [6.07, 6.45) is 7.88. The Morgan fingerprint density at radius 2 is 1.82 bits per heavy atom. The largest absolute Gasteiger partial charge is 0.356 e. The van der Waals surface area contributed by atoms with E-state index >= 15 is 0 Å². The van der Waals surface area contributed by atoms with E-state index in [1.54, 1.807) is 0 Å². The van der Waals surface area contributed by atoms with Crippen molar-refractivity contribution in [2.24, 2.45) is 4.99 Å². The number of rotatable bonds is 3. The maximum absolute atomic E-state index is 4.57. The summed E-state index contributed by atoms with van der Waals surface area (Å²) in [5.74, 6) is 1.02. The summed E-state index contributed by atoms with van der Waals surface area (Å²) in [6.45, 7) is 8.08. The van der Waals surface area contributed by atoms with Crippen molar-refractivity contribution in [1.82, 2.24) is 20.4 Å². The van der Waals surface area contributed by atoms with Gasteiger partial charge in [-0.05, 0) is 65.3 Å². The summed E-state index contributed by atoms with van der Waals surface area (Å²) in [7, 11) is 2.25. The molecule has 0 aromatic rings. The zero-order valence-corrected chi connectivity index (χ0v) is 16.3. The molecule has 0 aromatic carbocycles. The Bertz CT molecular complexity index is 360. The Morgan fingerprint density at radius 3 is 2.45 bits per heavy atom.